The molecule has 6 nitrogen and oxygen atoms in total. The Kier molecular flexibility index (Phi) is 6.82. The molecule has 138 valence electrons. The molecule has 0 saturated carbocycles. The van der Waals surface area contributed by atoms with Crippen molar-refractivity contribution in [2.24, 2.45) is 0 Å². The Bertz CT molecular complexity index is 882. The van der Waals surface area contributed by atoms with Gasteiger partial charge in [-0.05, 0) is 42.5 Å². The molecule has 0 bridgehead atoms. The van der Waals surface area contributed by atoms with E-state index in [-0.39, 0.29) is 6.54 Å². The summed E-state index contributed by atoms with van der Waals surface area (Å²) in [4.78, 5) is 12.3. The normalized spacial score (nSPS) is 10.8. The van der Waals surface area contributed by atoms with Gasteiger partial charge >= 0.3 is 0 Å². The molecular weight excluding hydrogens is 420 g/mol. The summed E-state index contributed by atoms with van der Waals surface area (Å²) in [6, 6.07) is 13.5. The summed E-state index contributed by atoms with van der Waals surface area (Å²) in [7, 11) is -3.62. The number of amides is 1. The van der Waals surface area contributed by atoms with Crippen molar-refractivity contribution in [3.05, 3.63) is 65.7 Å². The lowest BCUT2D eigenvalue weighted by Crippen LogP contribution is -2.37. The van der Waals surface area contributed by atoms with E-state index in [0.29, 0.717) is 23.7 Å². The van der Waals surface area contributed by atoms with Crippen LogP contribution in [0, 0.1) is 0 Å². The van der Waals surface area contributed by atoms with Crippen LogP contribution in [0.1, 0.15) is 0 Å². The van der Waals surface area contributed by atoms with E-state index in [1.807, 2.05) is 0 Å². The number of sulfonamides is 1. The Morgan fingerprint density at radius 1 is 1.27 bits per heavy atom. The monoisotopic (exact) mass is 438 g/mol. The first kappa shape index (κ1) is 20.0. The highest BCUT2D eigenvalue weighted by molar-refractivity contribution is 9.10. The summed E-state index contributed by atoms with van der Waals surface area (Å²) in [5, 5.41) is 2.68. The zero-order valence-corrected chi connectivity index (χ0v) is 16.6. The van der Waals surface area contributed by atoms with Crippen molar-refractivity contribution in [2.45, 2.75) is 0 Å². The lowest BCUT2D eigenvalue weighted by Gasteiger charge is -2.22. The molecule has 0 atom stereocenters. The molecule has 2 aromatic carbocycles. The van der Waals surface area contributed by atoms with Crippen LogP contribution in [0.25, 0.3) is 0 Å². The first-order valence-corrected chi connectivity index (χ1v) is 10.3. The van der Waals surface area contributed by atoms with Gasteiger partial charge in [0.25, 0.3) is 0 Å². The van der Waals surface area contributed by atoms with E-state index in [4.69, 9.17) is 4.74 Å². The van der Waals surface area contributed by atoms with E-state index in [9.17, 15) is 13.2 Å². The molecule has 0 aromatic heterocycles. The lowest BCUT2D eigenvalue weighted by molar-refractivity contribution is -0.114. The molecular formula is C18H19BrN2O4S. The van der Waals surface area contributed by atoms with Gasteiger partial charge < -0.3 is 10.1 Å². The Morgan fingerprint density at radius 3 is 2.54 bits per heavy atom. The topological polar surface area (TPSA) is 75.7 Å². The van der Waals surface area contributed by atoms with Gasteiger partial charge in [0.15, 0.2) is 0 Å². The molecule has 2 aromatic rings. The molecule has 0 unspecified atom stereocenters. The third-order valence-corrected chi connectivity index (χ3v) is 4.92. The van der Waals surface area contributed by atoms with Crippen LogP contribution >= 0.6 is 15.9 Å². The van der Waals surface area contributed by atoms with E-state index in [1.165, 1.54) is 0 Å². The van der Waals surface area contributed by atoms with Crippen molar-refractivity contribution in [1.82, 2.24) is 0 Å². The number of hydrogen-bond donors (Lipinski definition) is 1. The quantitative estimate of drug-likeness (QED) is 0.640. The van der Waals surface area contributed by atoms with Gasteiger partial charge in [-0.3, -0.25) is 9.10 Å². The molecule has 2 rings (SSSR count). The zero-order chi connectivity index (χ0) is 19.2. The van der Waals surface area contributed by atoms with Crippen LogP contribution in [-0.2, 0) is 14.8 Å². The minimum absolute atomic E-state index is 0.329. The minimum Gasteiger partial charge on any atom is -0.490 e. The molecule has 0 heterocycles. The molecule has 0 spiro atoms. The van der Waals surface area contributed by atoms with E-state index < -0.39 is 15.9 Å². The molecule has 8 heteroatoms. The number of benzene rings is 2. The highest BCUT2D eigenvalue weighted by Crippen LogP contribution is 2.22. The fraction of sp³-hybridized carbons (Fsp3) is 0.167. The van der Waals surface area contributed by atoms with Gasteiger partial charge in [0.05, 0.1) is 11.9 Å². The van der Waals surface area contributed by atoms with Crippen molar-refractivity contribution in [3.8, 4) is 5.75 Å². The standard InChI is InChI=1S/C18H19BrN2O4S/c1-3-11-25-17-9-7-15(8-10-17)20-18(22)13-21(26(2,23)24)16-6-4-5-14(19)12-16/h3-10,12H,1,11,13H2,2H3,(H,20,22). The first-order valence-electron chi connectivity index (χ1n) is 7.66. The number of rotatable bonds is 8. The SMILES string of the molecule is C=CCOc1ccc(NC(=O)CN(c2cccc(Br)c2)S(C)(=O)=O)cc1. The molecule has 0 aliphatic carbocycles. The summed E-state index contributed by atoms with van der Waals surface area (Å²) < 4.78 is 31.3. The minimum atomic E-state index is -3.62. The highest BCUT2D eigenvalue weighted by atomic mass is 79.9. The second kappa shape index (κ2) is 8.86. The van der Waals surface area contributed by atoms with Gasteiger partial charge in [-0.2, -0.15) is 0 Å². The van der Waals surface area contributed by atoms with Crippen molar-refractivity contribution in [3.63, 3.8) is 0 Å². The van der Waals surface area contributed by atoms with Crippen LogP contribution < -0.4 is 14.4 Å². The Morgan fingerprint density at radius 2 is 1.96 bits per heavy atom. The number of anilines is 2. The van der Waals surface area contributed by atoms with Crippen LogP contribution in [0.4, 0.5) is 11.4 Å². The molecule has 0 aliphatic rings. The third kappa shape index (κ3) is 5.89. The van der Waals surface area contributed by atoms with E-state index in [1.54, 1.807) is 54.6 Å². The molecule has 0 fully saturated rings. The zero-order valence-electron chi connectivity index (χ0n) is 14.2. The summed E-state index contributed by atoms with van der Waals surface area (Å²) in [6.07, 6.45) is 2.70. The molecule has 26 heavy (non-hydrogen) atoms. The average Bonchev–Trinajstić information content (AvgIpc) is 2.58. The Hall–Kier alpha value is -2.32. The van der Waals surface area contributed by atoms with Crippen molar-refractivity contribution >= 4 is 43.2 Å². The third-order valence-electron chi connectivity index (χ3n) is 3.29. The van der Waals surface area contributed by atoms with Crippen molar-refractivity contribution in [1.29, 1.82) is 0 Å². The first-order chi connectivity index (χ1) is 12.3. The Balaban J connectivity index is 2.09. The predicted molar refractivity (Wildman–Crippen MR) is 107 cm³/mol. The largest absolute Gasteiger partial charge is 0.490 e. The van der Waals surface area contributed by atoms with Crippen LogP contribution in [0.3, 0.4) is 0 Å². The number of carbonyl (C=O) groups excluding carboxylic acids is 1. The van der Waals surface area contributed by atoms with Crippen molar-refractivity contribution < 1.29 is 17.9 Å². The number of nitrogens with zero attached hydrogens (tertiary/aromatic N) is 1. The second-order valence-electron chi connectivity index (χ2n) is 5.42. The number of ether oxygens (including phenoxy) is 1. The van der Waals surface area contributed by atoms with E-state index in [2.05, 4.69) is 27.8 Å². The summed E-state index contributed by atoms with van der Waals surface area (Å²) in [5.41, 5.74) is 0.953. The fourth-order valence-corrected chi connectivity index (χ4v) is 3.39. The summed E-state index contributed by atoms with van der Waals surface area (Å²) in [6.45, 7) is 3.63. The van der Waals surface area contributed by atoms with Crippen LogP contribution in [0.5, 0.6) is 5.75 Å². The van der Waals surface area contributed by atoms with E-state index >= 15 is 0 Å². The number of hydrogen-bond acceptors (Lipinski definition) is 4. The predicted octanol–water partition coefficient (Wildman–Crippen LogP) is 3.42. The number of carbonyl (C=O) groups is 1. The van der Waals surface area contributed by atoms with Gasteiger partial charge in [-0.1, -0.05) is 34.7 Å². The van der Waals surface area contributed by atoms with Gasteiger partial charge in [-0.25, -0.2) is 8.42 Å². The Labute approximate surface area is 161 Å². The summed E-state index contributed by atoms with van der Waals surface area (Å²) in [5.74, 6) is 0.199. The molecule has 0 saturated heterocycles. The maximum Gasteiger partial charge on any atom is 0.245 e. The average molecular weight is 439 g/mol. The van der Waals surface area contributed by atoms with Crippen LogP contribution in [-0.4, -0.2) is 33.7 Å². The van der Waals surface area contributed by atoms with E-state index in [0.717, 1.165) is 15.0 Å². The van der Waals surface area contributed by atoms with Gasteiger partial charge in [-0.15, -0.1) is 0 Å². The second-order valence-corrected chi connectivity index (χ2v) is 8.24. The molecule has 0 radical (unpaired) electrons. The number of nitrogens with one attached hydrogen (secondary N) is 1. The van der Waals surface area contributed by atoms with Crippen molar-refractivity contribution in [2.75, 3.05) is 29.0 Å². The van der Waals surface area contributed by atoms with Gasteiger partial charge in [0.1, 0.15) is 18.9 Å². The molecule has 1 amide bonds. The van der Waals surface area contributed by atoms with Gasteiger partial charge in [0, 0.05) is 10.2 Å². The number of halogens is 1. The summed E-state index contributed by atoms with van der Waals surface area (Å²) >= 11 is 3.30. The lowest BCUT2D eigenvalue weighted by atomic mass is 10.3. The highest BCUT2D eigenvalue weighted by Gasteiger charge is 2.21. The molecule has 0 aliphatic heterocycles. The smallest absolute Gasteiger partial charge is 0.245 e. The van der Waals surface area contributed by atoms with Crippen LogP contribution in [0.2, 0.25) is 0 Å². The maximum absolute atomic E-state index is 12.3. The van der Waals surface area contributed by atoms with Crippen LogP contribution in [0.15, 0.2) is 65.7 Å². The molecule has 1 N–H and O–H groups in total. The van der Waals surface area contributed by atoms with Gasteiger partial charge in [0.2, 0.25) is 15.9 Å². The maximum atomic E-state index is 12.3. The fourth-order valence-electron chi connectivity index (χ4n) is 2.15.